The second-order valence-corrected chi connectivity index (χ2v) is 14.5. The Kier molecular flexibility index (Phi) is 8.76. The molecule has 2 amide bonds. The maximum absolute atomic E-state index is 14.4. The van der Waals surface area contributed by atoms with Crippen LogP contribution in [0.25, 0.3) is 22.0 Å². The fourth-order valence-electron chi connectivity index (χ4n) is 7.52. The van der Waals surface area contributed by atoms with Gasteiger partial charge >= 0.3 is 0 Å². The van der Waals surface area contributed by atoms with Crippen LogP contribution < -0.4 is 5.32 Å². The number of ketones is 2. The minimum Gasteiger partial charge on any atom is -0.355 e. The van der Waals surface area contributed by atoms with Crippen LogP contribution >= 0.6 is 15.9 Å². The molecule has 0 unspecified atom stereocenters. The van der Waals surface area contributed by atoms with Crippen molar-refractivity contribution in [2.45, 2.75) is 84.3 Å². The van der Waals surface area contributed by atoms with Crippen LogP contribution in [0.2, 0.25) is 0 Å². The Balaban J connectivity index is 1.30. The van der Waals surface area contributed by atoms with Crippen molar-refractivity contribution < 1.29 is 19.2 Å². The standard InChI is InChI=1S/C37H38BrN7O4/c1-21-10-27(42-32(38)11-21)14-30(47)29-15-37-16-31(37)45(29)34(49)19-44-36-24(8-6-4-5-7-9-33(48)41-20-37)12-25(26-17-39-23(3)40-18-26)13-28(36)35(43-44)22(2)46/h4,6,10-13,17-18,29,31H,5,7-9,14-16,19-20H2,1-3H3,(H,41,48)/t29-,31+,37-/m0/s1. The molecule has 5 heterocycles. The summed E-state index contributed by atoms with van der Waals surface area (Å²) in [7, 11) is 0. The number of nitrogens with one attached hydrogen (secondary N) is 1. The number of aromatic nitrogens is 5. The number of carbonyl (C=O) groups excluding carboxylic acids is 4. The van der Waals surface area contributed by atoms with Gasteiger partial charge in [0.15, 0.2) is 11.6 Å². The highest BCUT2D eigenvalue weighted by Crippen LogP contribution is 2.59. The number of aryl methyl sites for hydroxylation is 2. The Hall–Kier alpha value is -4.58. The van der Waals surface area contributed by atoms with Crippen molar-refractivity contribution in [1.82, 2.24) is 34.9 Å². The molecule has 3 aliphatic rings. The molecule has 1 saturated carbocycles. The Morgan fingerprint density at radius 1 is 1.04 bits per heavy atom. The number of piperidine rings is 1. The van der Waals surface area contributed by atoms with Gasteiger partial charge in [0.2, 0.25) is 11.8 Å². The van der Waals surface area contributed by atoms with Gasteiger partial charge in [0, 0.05) is 60.4 Å². The summed E-state index contributed by atoms with van der Waals surface area (Å²) in [4.78, 5) is 69.2. The summed E-state index contributed by atoms with van der Waals surface area (Å²) in [6.07, 6.45) is 11.3. The molecule has 7 rings (SSSR count). The number of amides is 2. The quantitative estimate of drug-likeness (QED) is 0.172. The Morgan fingerprint density at radius 2 is 1.84 bits per heavy atom. The molecular weight excluding hydrogens is 686 g/mol. The SMILES string of the molecule is CC(=O)c1nn2c3c(cc(-c4cnc(C)nc4)cc13)CC=CCCCC(=O)NC[C@@]13C[C@@H](C(=O)Cc4cc(C)cc(Br)n4)N(C(=O)C2)[C@@H]1C3. The average molecular weight is 725 g/mol. The van der Waals surface area contributed by atoms with E-state index >= 15 is 0 Å². The first-order valence-corrected chi connectivity index (χ1v) is 17.5. The highest BCUT2D eigenvalue weighted by molar-refractivity contribution is 9.10. The second-order valence-electron chi connectivity index (χ2n) is 13.7. The number of hydrogen-bond donors (Lipinski definition) is 1. The van der Waals surface area contributed by atoms with Gasteiger partial charge in [0.1, 0.15) is 22.7 Å². The predicted octanol–water partition coefficient (Wildman–Crippen LogP) is 5.04. The maximum Gasteiger partial charge on any atom is 0.245 e. The summed E-state index contributed by atoms with van der Waals surface area (Å²) in [6.45, 7) is 5.54. The zero-order valence-corrected chi connectivity index (χ0v) is 29.4. The molecule has 1 N–H and O–H groups in total. The fraction of sp³-hybridized carbons (Fsp3) is 0.405. The number of benzene rings is 1. The highest BCUT2D eigenvalue weighted by Gasteiger charge is 2.66. The molecule has 1 aliphatic carbocycles. The molecule has 252 valence electrons. The van der Waals surface area contributed by atoms with Crippen LogP contribution in [0.15, 0.2) is 53.4 Å². The Morgan fingerprint density at radius 3 is 2.59 bits per heavy atom. The molecule has 1 aromatic carbocycles. The van der Waals surface area contributed by atoms with E-state index < -0.39 is 6.04 Å². The van der Waals surface area contributed by atoms with Crippen LogP contribution in [0.3, 0.4) is 0 Å². The molecular formula is C37H38BrN7O4. The zero-order valence-electron chi connectivity index (χ0n) is 27.8. The third-order valence-corrected chi connectivity index (χ3v) is 10.4. The molecule has 11 nitrogen and oxygen atoms in total. The van der Waals surface area contributed by atoms with Crippen LogP contribution in [0, 0.1) is 19.3 Å². The van der Waals surface area contributed by atoms with Gasteiger partial charge < -0.3 is 10.2 Å². The first-order valence-electron chi connectivity index (χ1n) is 16.7. The van der Waals surface area contributed by atoms with Crippen molar-refractivity contribution >= 4 is 50.2 Å². The topological polar surface area (TPSA) is 140 Å². The van der Waals surface area contributed by atoms with E-state index in [1.54, 1.807) is 22.0 Å². The van der Waals surface area contributed by atoms with E-state index in [0.29, 0.717) is 65.7 Å². The summed E-state index contributed by atoms with van der Waals surface area (Å²) < 4.78 is 2.29. The largest absolute Gasteiger partial charge is 0.355 e. The normalized spacial score (nSPS) is 22.5. The number of allylic oxidation sites excluding steroid dienone is 2. The lowest BCUT2D eigenvalue weighted by Gasteiger charge is -2.27. The number of carbonyl (C=O) groups is 4. The number of nitrogens with zero attached hydrogens (tertiary/aromatic N) is 6. The predicted molar refractivity (Wildman–Crippen MR) is 187 cm³/mol. The highest BCUT2D eigenvalue weighted by atomic mass is 79.9. The first kappa shape index (κ1) is 32.9. The molecule has 49 heavy (non-hydrogen) atoms. The summed E-state index contributed by atoms with van der Waals surface area (Å²) in [5, 5.41) is 8.48. The third-order valence-electron chi connectivity index (χ3n) is 10.00. The Bertz CT molecular complexity index is 2020. The average Bonchev–Trinajstić information content (AvgIpc) is 3.46. The van der Waals surface area contributed by atoms with E-state index in [1.165, 1.54) is 6.92 Å². The number of hydrogen-bond acceptors (Lipinski definition) is 8. The van der Waals surface area contributed by atoms with E-state index in [-0.39, 0.29) is 53.5 Å². The van der Waals surface area contributed by atoms with Gasteiger partial charge in [-0.05, 0) is 103 Å². The smallest absolute Gasteiger partial charge is 0.245 e. The molecule has 0 radical (unpaired) electrons. The molecule has 3 aromatic heterocycles. The van der Waals surface area contributed by atoms with Crippen LogP contribution in [0.5, 0.6) is 0 Å². The van der Waals surface area contributed by atoms with Crippen molar-refractivity contribution in [3.05, 3.63) is 81.8 Å². The molecule has 2 fully saturated rings. The summed E-state index contributed by atoms with van der Waals surface area (Å²) in [5.74, 6) is 0.0960. The van der Waals surface area contributed by atoms with Gasteiger partial charge in [-0.15, -0.1) is 0 Å². The number of rotatable bonds is 5. The number of Topliss-reactive ketones (excluding diaryl/α,β-unsaturated/α-hetero) is 2. The number of pyridine rings is 1. The lowest BCUT2D eigenvalue weighted by Crippen LogP contribution is -2.45. The monoisotopic (exact) mass is 723 g/mol. The summed E-state index contributed by atoms with van der Waals surface area (Å²) in [6, 6.07) is 6.89. The van der Waals surface area contributed by atoms with Crippen LogP contribution in [0.1, 0.15) is 72.2 Å². The molecule has 2 aliphatic heterocycles. The third kappa shape index (κ3) is 6.58. The van der Waals surface area contributed by atoms with Gasteiger partial charge in [-0.3, -0.25) is 23.9 Å². The van der Waals surface area contributed by atoms with E-state index in [2.05, 4.69) is 48.4 Å². The van der Waals surface area contributed by atoms with Crippen LogP contribution in [-0.2, 0) is 33.8 Å². The summed E-state index contributed by atoms with van der Waals surface area (Å²) >= 11 is 3.43. The van der Waals surface area contributed by atoms with Crippen molar-refractivity contribution in [3.63, 3.8) is 0 Å². The molecule has 0 spiro atoms. The van der Waals surface area contributed by atoms with Crippen LogP contribution in [-0.4, -0.2) is 71.6 Å². The van der Waals surface area contributed by atoms with E-state index in [9.17, 15) is 19.2 Å². The van der Waals surface area contributed by atoms with Gasteiger partial charge in [0.05, 0.1) is 18.0 Å². The lowest BCUT2D eigenvalue weighted by molar-refractivity contribution is -0.139. The van der Waals surface area contributed by atoms with Crippen LogP contribution in [0.4, 0.5) is 0 Å². The second kappa shape index (κ2) is 13.0. The van der Waals surface area contributed by atoms with Gasteiger partial charge in [-0.1, -0.05) is 12.2 Å². The molecule has 4 aromatic rings. The zero-order chi connectivity index (χ0) is 34.4. The van der Waals surface area contributed by atoms with Crippen molar-refractivity contribution in [2.24, 2.45) is 5.41 Å². The minimum atomic E-state index is -0.659. The van der Waals surface area contributed by atoms with E-state index in [1.807, 2.05) is 38.1 Å². The molecule has 1 saturated heterocycles. The number of halogens is 1. The van der Waals surface area contributed by atoms with Crippen molar-refractivity contribution in [2.75, 3.05) is 6.54 Å². The molecule has 3 atom stereocenters. The molecule has 2 bridgehead atoms. The lowest BCUT2D eigenvalue weighted by atomic mass is 9.95. The van der Waals surface area contributed by atoms with E-state index in [0.717, 1.165) is 28.7 Å². The maximum atomic E-state index is 14.4. The summed E-state index contributed by atoms with van der Waals surface area (Å²) in [5.41, 5.74) is 4.80. The minimum absolute atomic E-state index is 0.0224. The molecule has 12 heteroatoms. The first-order chi connectivity index (χ1) is 23.5. The van der Waals surface area contributed by atoms with Crippen molar-refractivity contribution in [3.8, 4) is 11.1 Å². The van der Waals surface area contributed by atoms with E-state index in [4.69, 9.17) is 5.10 Å². The fourth-order valence-corrected chi connectivity index (χ4v) is 8.11. The Labute approximate surface area is 292 Å². The van der Waals surface area contributed by atoms with Gasteiger partial charge in [0.25, 0.3) is 0 Å². The van der Waals surface area contributed by atoms with Gasteiger partial charge in [-0.2, -0.15) is 5.10 Å². The van der Waals surface area contributed by atoms with Crippen molar-refractivity contribution in [1.29, 1.82) is 0 Å². The van der Waals surface area contributed by atoms with Gasteiger partial charge in [-0.25, -0.2) is 15.0 Å².